The van der Waals surface area contributed by atoms with Gasteiger partial charge in [-0.15, -0.1) is 0 Å². The Balaban J connectivity index is 1.40. The molecule has 3 fully saturated rings. The molecule has 6 heteroatoms. The Kier molecular flexibility index (Phi) is 4.44. The van der Waals surface area contributed by atoms with Gasteiger partial charge in [-0.3, -0.25) is 9.59 Å². The van der Waals surface area contributed by atoms with Crippen molar-refractivity contribution >= 4 is 11.8 Å². The number of rotatable bonds is 4. The van der Waals surface area contributed by atoms with Crippen LogP contribution in [0.25, 0.3) is 0 Å². The third kappa shape index (κ3) is 2.85. The van der Waals surface area contributed by atoms with Crippen molar-refractivity contribution in [2.45, 2.75) is 81.8 Å². The SMILES string of the molecule is O=C1CC(c2ccc3c(c2)OCO3)N1C1(C(=O)NC2CCCCC2)CCCC1. The molecule has 1 saturated heterocycles. The number of benzene rings is 1. The lowest BCUT2D eigenvalue weighted by atomic mass is 9.82. The zero-order chi connectivity index (χ0) is 19.1. The van der Waals surface area contributed by atoms with Gasteiger partial charge in [-0.25, -0.2) is 0 Å². The van der Waals surface area contributed by atoms with Crippen LogP contribution in [0, 0.1) is 0 Å². The van der Waals surface area contributed by atoms with Crippen molar-refractivity contribution in [2.24, 2.45) is 0 Å². The Morgan fingerprint density at radius 1 is 1.04 bits per heavy atom. The average molecular weight is 384 g/mol. The second-order valence-electron chi connectivity index (χ2n) is 8.64. The topological polar surface area (TPSA) is 67.9 Å². The summed E-state index contributed by atoms with van der Waals surface area (Å²) in [6.45, 7) is 0.236. The first-order valence-electron chi connectivity index (χ1n) is 10.7. The lowest BCUT2D eigenvalue weighted by molar-refractivity contribution is -0.165. The van der Waals surface area contributed by atoms with E-state index in [0.29, 0.717) is 6.42 Å². The number of fused-ring (bicyclic) bond motifs is 1. The number of likely N-dealkylation sites (tertiary alicyclic amines) is 1. The highest BCUT2D eigenvalue weighted by Crippen LogP contribution is 2.49. The first-order chi connectivity index (χ1) is 13.7. The number of β-lactam (4-membered cyclic amide) rings is 1. The summed E-state index contributed by atoms with van der Waals surface area (Å²) in [5.74, 6) is 1.62. The van der Waals surface area contributed by atoms with Gasteiger partial charge < -0.3 is 19.7 Å². The Labute approximate surface area is 165 Å². The van der Waals surface area contributed by atoms with E-state index >= 15 is 0 Å². The number of carbonyl (C=O) groups excluding carboxylic acids is 2. The minimum atomic E-state index is -0.687. The molecule has 1 atom stereocenters. The predicted molar refractivity (Wildman–Crippen MR) is 103 cm³/mol. The van der Waals surface area contributed by atoms with Gasteiger partial charge in [-0.05, 0) is 43.4 Å². The quantitative estimate of drug-likeness (QED) is 0.808. The number of nitrogens with one attached hydrogen (secondary N) is 1. The summed E-state index contributed by atoms with van der Waals surface area (Å²) in [7, 11) is 0. The minimum Gasteiger partial charge on any atom is -0.454 e. The number of hydrogen-bond acceptors (Lipinski definition) is 4. The summed E-state index contributed by atoms with van der Waals surface area (Å²) in [5.41, 5.74) is 0.342. The van der Waals surface area contributed by atoms with E-state index in [9.17, 15) is 9.59 Å². The van der Waals surface area contributed by atoms with E-state index in [2.05, 4.69) is 5.32 Å². The molecule has 1 unspecified atom stereocenters. The predicted octanol–water partition coefficient (Wildman–Crippen LogP) is 3.45. The monoisotopic (exact) mass is 384 g/mol. The highest BCUT2D eigenvalue weighted by molar-refractivity contribution is 5.95. The molecule has 0 aromatic heterocycles. The second-order valence-corrected chi connectivity index (χ2v) is 8.64. The maximum absolute atomic E-state index is 13.4. The van der Waals surface area contributed by atoms with Gasteiger partial charge in [0.2, 0.25) is 18.6 Å². The molecule has 1 aromatic rings. The van der Waals surface area contributed by atoms with Crippen molar-refractivity contribution in [3.63, 3.8) is 0 Å². The van der Waals surface area contributed by atoms with Gasteiger partial charge in [0, 0.05) is 6.04 Å². The molecule has 4 aliphatic rings. The lowest BCUT2D eigenvalue weighted by Gasteiger charge is -2.51. The van der Waals surface area contributed by atoms with E-state index in [4.69, 9.17) is 9.47 Å². The normalized spacial score (nSPS) is 26.2. The maximum atomic E-state index is 13.4. The third-order valence-corrected chi connectivity index (χ3v) is 6.98. The number of hydrogen-bond donors (Lipinski definition) is 1. The number of nitrogens with zero attached hydrogens (tertiary/aromatic N) is 1. The van der Waals surface area contributed by atoms with Crippen LogP contribution in [0.4, 0.5) is 0 Å². The van der Waals surface area contributed by atoms with Crippen LogP contribution in [0.15, 0.2) is 18.2 Å². The van der Waals surface area contributed by atoms with Crippen molar-refractivity contribution in [1.82, 2.24) is 10.2 Å². The molecule has 150 valence electrons. The Hall–Kier alpha value is -2.24. The zero-order valence-corrected chi connectivity index (χ0v) is 16.2. The van der Waals surface area contributed by atoms with Crippen molar-refractivity contribution < 1.29 is 19.1 Å². The van der Waals surface area contributed by atoms with Crippen LogP contribution in [-0.2, 0) is 9.59 Å². The fourth-order valence-corrected chi connectivity index (χ4v) is 5.44. The van der Waals surface area contributed by atoms with Crippen LogP contribution in [0.1, 0.15) is 75.8 Å². The van der Waals surface area contributed by atoms with Crippen molar-refractivity contribution in [3.05, 3.63) is 23.8 Å². The van der Waals surface area contributed by atoms with Gasteiger partial charge in [0.25, 0.3) is 0 Å². The van der Waals surface area contributed by atoms with E-state index in [-0.39, 0.29) is 30.7 Å². The molecule has 2 heterocycles. The van der Waals surface area contributed by atoms with Crippen LogP contribution < -0.4 is 14.8 Å². The van der Waals surface area contributed by atoms with Crippen LogP contribution in [0.2, 0.25) is 0 Å². The van der Waals surface area contributed by atoms with Crippen molar-refractivity contribution in [3.8, 4) is 11.5 Å². The molecule has 1 aromatic carbocycles. The molecule has 0 bridgehead atoms. The molecule has 2 aliphatic heterocycles. The first kappa shape index (κ1) is 17.8. The molecule has 5 rings (SSSR count). The largest absolute Gasteiger partial charge is 0.454 e. The summed E-state index contributed by atoms with van der Waals surface area (Å²) in [5, 5.41) is 3.31. The summed E-state index contributed by atoms with van der Waals surface area (Å²) >= 11 is 0. The number of ether oxygens (including phenoxy) is 2. The molecule has 6 nitrogen and oxygen atoms in total. The van der Waals surface area contributed by atoms with Gasteiger partial charge in [0.05, 0.1) is 12.5 Å². The average Bonchev–Trinajstić information content (AvgIpc) is 3.36. The molecule has 1 N–H and O–H groups in total. The van der Waals surface area contributed by atoms with Gasteiger partial charge in [0.1, 0.15) is 5.54 Å². The van der Waals surface area contributed by atoms with Crippen LogP contribution in [0.3, 0.4) is 0 Å². The Morgan fingerprint density at radius 2 is 1.79 bits per heavy atom. The molecular formula is C22H28N2O4. The fraction of sp³-hybridized carbons (Fsp3) is 0.636. The van der Waals surface area contributed by atoms with E-state index in [1.807, 2.05) is 23.1 Å². The molecule has 0 spiro atoms. The first-order valence-corrected chi connectivity index (χ1v) is 10.7. The number of carbonyl (C=O) groups is 2. The van der Waals surface area contributed by atoms with Gasteiger partial charge in [0.15, 0.2) is 11.5 Å². The molecule has 2 aliphatic carbocycles. The molecule has 2 saturated carbocycles. The smallest absolute Gasteiger partial charge is 0.246 e. The van der Waals surface area contributed by atoms with E-state index in [1.165, 1.54) is 19.3 Å². The third-order valence-electron chi connectivity index (χ3n) is 6.98. The summed E-state index contributed by atoms with van der Waals surface area (Å²) in [6.07, 6.45) is 9.71. The standard InChI is InChI=1S/C22H28N2O4/c25-20-13-17(15-8-9-18-19(12-15)28-14-27-18)24(20)22(10-4-5-11-22)21(26)23-16-6-2-1-3-7-16/h8-9,12,16-17H,1-7,10-11,13-14H2,(H,23,26). The van der Waals surface area contributed by atoms with Gasteiger partial charge in [-0.2, -0.15) is 0 Å². The fourth-order valence-electron chi connectivity index (χ4n) is 5.44. The van der Waals surface area contributed by atoms with Gasteiger partial charge >= 0.3 is 0 Å². The minimum absolute atomic E-state index is 0.0581. The second kappa shape index (κ2) is 6.98. The molecule has 28 heavy (non-hydrogen) atoms. The maximum Gasteiger partial charge on any atom is 0.246 e. The van der Waals surface area contributed by atoms with E-state index in [1.54, 1.807) is 0 Å². The van der Waals surface area contributed by atoms with Crippen LogP contribution in [-0.4, -0.2) is 35.1 Å². The zero-order valence-electron chi connectivity index (χ0n) is 16.2. The Bertz CT molecular complexity index is 781. The summed E-state index contributed by atoms with van der Waals surface area (Å²) in [4.78, 5) is 28.0. The van der Waals surface area contributed by atoms with Crippen LogP contribution in [0.5, 0.6) is 11.5 Å². The lowest BCUT2D eigenvalue weighted by Crippen LogP contribution is -2.66. The molecule has 0 radical (unpaired) electrons. The highest BCUT2D eigenvalue weighted by atomic mass is 16.7. The number of amides is 2. The summed E-state index contributed by atoms with van der Waals surface area (Å²) in [6, 6.07) is 6.08. The van der Waals surface area contributed by atoms with E-state index in [0.717, 1.165) is 55.6 Å². The van der Waals surface area contributed by atoms with Crippen LogP contribution >= 0.6 is 0 Å². The highest BCUT2D eigenvalue weighted by Gasteiger charge is 2.56. The van der Waals surface area contributed by atoms with Crippen molar-refractivity contribution in [1.29, 1.82) is 0 Å². The molecule has 2 amide bonds. The van der Waals surface area contributed by atoms with E-state index < -0.39 is 5.54 Å². The van der Waals surface area contributed by atoms with Gasteiger partial charge in [-0.1, -0.05) is 38.2 Å². The molecular weight excluding hydrogens is 356 g/mol. The summed E-state index contributed by atoms with van der Waals surface area (Å²) < 4.78 is 10.9. The van der Waals surface area contributed by atoms with Crippen molar-refractivity contribution in [2.75, 3.05) is 6.79 Å². The Morgan fingerprint density at radius 3 is 2.54 bits per heavy atom.